The summed E-state index contributed by atoms with van der Waals surface area (Å²) >= 11 is 0. The third-order valence-corrected chi connectivity index (χ3v) is 8.33. The van der Waals surface area contributed by atoms with E-state index in [1.165, 1.54) is 12.3 Å². The Kier molecular flexibility index (Phi) is 6.19. The van der Waals surface area contributed by atoms with Gasteiger partial charge in [0.25, 0.3) is 5.91 Å². The van der Waals surface area contributed by atoms with Crippen LogP contribution in [0.2, 0.25) is 0 Å². The van der Waals surface area contributed by atoms with Gasteiger partial charge in [0.2, 0.25) is 0 Å². The maximum Gasteiger partial charge on any atom is 0.337 e. The number of carboxylic acid groups (broad SMARTS) is 1. The Morgan fingerprint density at radius 2 is 1.70 bits per heavy atom. The van der Waals surface area contributed by atoms with Crippen LogP contribution >= 0.6 is 0 Å². The third kappa shape index (κ3) is 4.66. The average molecular weight is 574 g/mol. The predicted octanol–water partition coefficient (Wildman–Crippen LogP) is 5.01. The number of benzene rings is 3. The van der Waals surface area contributed by atoms with Gasteiger partial charge in [-0.15, -0.1) is 5.10 Å². The lowest BCUT2D eigenvalue weighted by Gasteiger charge is -2.44. The summed E-state index contributed by atoms with van der Waals surface area (Å²) in [5.74, 6) is -0.358. The van der Waals surface area contributed by atoms with Crippen LogP contribution in [-0.4, -0.2) is 61.1 Å². The van der Waals surface area contributed by atoms with E-state index in [9.17, 15) is 19.5 Å². The molecule has 43 heavy (non-hydrogen) atoms. The highest BCUT2D eigenvalue weighted by Crippen LogP contribution is 2.41. The standard InChI is InChI=1S/C33H27N5O5/c34-30-25-16-21(6-8-27(25)38(36-30)24-4-2-1-3-5-24)31(40)37-12-10-33(11-13-37)17-28(39)26-15-20(7-9-29(26)43-33)22-14-23(32(41)42)19-35-18-22/h1-9,14-16,18-19H,10-13,17H2,(H2,34,36)(H,41,42). The summed E-state index contributed by atoms with van der Waals surface area (Å²) in [5, 5.41) is 14.5. The number of aromatic nitrogens is 3. The number of nitrogens with two attached hydrogens (primary N) is 1. The second-order valence-electron chi connectivity index (χ2n) is 11.0. The van der Waals surface area contributed by atoms with Crippen molar-refractivity contribution in [1.29, 1.82) is 0 Å². The monoisotopic (exact) mass is 573 g/mol. The van der Waals surface area contributed by atoms with Gasteiger partial charge in [-0.3, -0.25) is 14.6 Å². The van der Waals surface area contributed by atoms with Crippen molar-refractivity contribution < 1.29 is 24.2 Å². The second-order valence-corrected chi connectivity index (χ2v) is 11.0. The summed E-state index contributed by atoms with van der Waals surface area (Å²) in [7, 11) is 0. The number of anilines is 1. The summed E-state index contributed by atoms with van der Waals surface area (Å²) < 4.78 is 8.21. The fourth-order valence-electron chi connectivity index (χ4n) is 6.01. The fraction of sp³-hybridized carbons (Fsp3) is 0.182. The number of likely N-dealkylation sites (tertiary alicyclic amines) is 1. The molecule has 5 aromatic rings. The maximum atomic E-state index is 13.5. The van der Waals surface area contributed by atoms with Crippen LogP contribution in [-0.2, 0) is 0 Å². The molecule has 2 aliphatic rings. The van der Waals surface area contributed by atoms with Crippen LogP contribution in [0.25, 0.3) is 27.7 Å². The molecule has 0 unspecified atom stereocenters. The molecule has 0 saturated carbocycles. The van der Waals surface area contributed by atoms with Gasteiger partial charge in [0.05, 0.1) is 28.8 Å². The second kappa shape index (κ2) is 10.1. The Morgan fingerprint density at radius 1 is 0.907 bits per heavy atom. The number of nitrogen functional groups attached to an aromatic ring is 1. The van der Waals surface area contributed by atoms with Crippen LogP contribution in [0.4, 0.5) is 5.82 Å². The number of ketones is 1. The summed E-state index contributed by atoms with van der Waals surface area (Å²) in [5.41, 5.74) is 9.62. The van der Waals surface area contributed by atoms with E-state index in [0.29, 0.717) is 65.1 Å². The van der Waals surface area contributed by atoms with Crippen LogP contribution in [0.1, 0.15) is 50.3 Å². The molecule has 2 aliphatic heterocycles. The zero-order chi connectivity index (χ0) is 29.7. The van der Waals surface area contributed by atoms with E-state index in [2.05, 4.69) is 10.1 Å². The minimum atomic E-state index is -1.07. The summed E-state index contributed by atoms with van der Waals surface area (Å²) in [4.78, 5) is 44.0. The highest BCUT2D eigenvalue weighted by molar-refractivity contribution is 6.02. The topological polar surface area (TPSA) is 141 Å². The number of Topliss-reactive ketones (excluding diaryl/α,β-unsaturated/α-hetero) is 1. The van der Waals surface area contributed by atoms with E-state index in [1.54, 1.807) is 46.1 Å². The number of fused-ring (bicyclic) bond motifs is 2. The van der Waals surface area contributed by atoms with Gasteiger partial charge in [-0.2, -0.15) is 0 Å². The Hall–Kier alpha value is -5.51. The van der Waals surface area contributed by atoms with Crippen molar-refractivity contribution in [3.8, 4) is 22.6 Å². The van der Waals surface area contributed by atoms with Crippen LogP contribution in [0.3, 0.4) is 0 Å². The molecule has 4 heterocycles. The van der Waals surface area contributed by atoms with Crippen molar-refractivity contribution in [1.82, 2.24) is 19.7 Å². The van der Waals surface area contributed by atoms with E-state index in [0.717, 1.165) is 11.2 Å². The average Bonchev–Trinajstić information content (AvgIpc) is 3.37. The van der Waals surface area contributed by atoms with Crippen LogP contribution in [0.5, 0.6) is 5.75 Å². The Labute approximate surface area is 246 Å². The Bertz CT molecular complexity index is 1930. The van der Waals surface area contributed by atoms with Crippen molar-refractivity contribution in [3.63, 3.8) is 0 Å². The van der Waals surface area contributed by atoms with Crippen LogP contribution in [0, 0.1) is 0 Å². The van der Waals surface area contributed by atoms with E-state index in [1.807, 2.05) is 36.4 Å². The number of aromatic carboxylic acids is 1. The summed E-state index contributed by atoms with van der Waals surface area (Å²) in [6.45, 7) is 0.897. The van der Waals surface area contributed by atoms with Crippen molar-refractivity contribution in [2.45, 2.75) is 24.9 Å². The maximum absolute atomic E-state index is 13.5. The zero-order valence-electron chi connectivity index (χ0n) is 23.1. The van der Waals surface area contributed by atoms with Crippen molar-refractivity contribution in [2.24, 2.45) is 0 Å². The number of para-hydroxylation sites is 1. The molecular weight excluding hydrogens is 546 g/mol. The predicted molar refractivity (Wildman–Crippen MR) is 160 cm³/mol. The molecule has 0 aliphatic carbocycles. The number of pyridine rings is 1. The van der Waals surface area contributed by atoms with Gasteiger partial charge >= 0.3 is 5.97 Å². The molecule has 0 bridgehead atoms. The van der Waals surface area contributed by atoms with Gasteiger partial charge in [-0.1, -0.05) is 24.3 Å². The number of nitrogens with zero attached hydrogens (tertiary/aromatic N) is 4. The number of piperidine rings is 1. The smallest absolute Gasteiger partial charge is 0.337 e. The number of carboxylic acids is 1. The van der Waals surface area contributed by atoms with Crippen molar-refractivity contribution in [2.75, 3.05) is 18.8 Å². The SMILES string of the molecule is Nc1nn(-c2ccccc2)c2ccc(C(=O)N3CCC4(CC3)CC(=O)c3cc(-c5cncc(C(=O)O)c5)ccc3O4)cc12. The van der Waals surface area contributed by atoms with E-state index < -0.39 is 11.6 Å². The molecule has 10 nitrogen and oxygen atoms in total. The first-order valence-electron chi connectivity index (χ1n) is 14.0. The lowest BCUT2D eigenvalue weighted by atomic mass is 9.82. The first kappa shape index (κ1) is 26.4. The molecule has 214 valence electrons. The molecule has 7 rings (SSSR count). The largest absolute Gasteiger partial charge is 0.486 e. The number of ether oxygens (including phenoxy) is 1. The van der Waals surface area contributed by atoms with Crippen molar-refractivity contribution >= 4 is 34.4 Å². The van der Waals surface area contributed by atoms with Gasteiger partial charge in [0, 0.05) is 54.8 Å². The van der Waals surface area contributed by atoms with Gasteiger partial charge in [0.15, 0.2) is 11.6 Å². The third-order valence-electron chi connectivity index (χ3n) is 8.33. The van der Waals surface area contributed by atoms with Gasteiger partial charge in [-0.05, 0) is 54.1 Å². The zero-order valence-corrected chi connectivity index (χ0v) is 23.1. The molecule has 1 fully saturated rings. The molecule has 3 aromatic carbocycles. The van der Waals surface area contributed by atoms with Gasteiger partial charge in [0.1, 0.15) is 11.4 Å². The number of rotatable bonds is 4. The first-order valence-corrected chi connectivity index (χ1v) is 14.0. The van der Waals surface area contributed by atoms with E-state index >= 15 is 0 Å². The fourth-order valence-corrected chi connectivity index (χ4v) is 6.01. The minimum Gasteiger partial charge on any atom is -0.486 e. The van der Waals surface area contributed by atoms with Gasteiger partial charge < -0.3 is 20.5 Å². The number of carbonyl (C=O) groups is 3. The highest BCUT2D eigenvalue weighted by Gasteiger charge is 2.44. The van der Waals surface area contributed by atoms with E-state index in [-0.39, 0.29) is 23.7 Å². The molecule has 0 radical (unpaired) electrons. The van der Waals surface area contributed by atoms with Gasteiger partial charge in [-0.25, -0.2) is 9.48 Å². The normalized spacial score (nSPS) is 15.7. The number of carbonyl (C=O) groups excluding carboxylic acids is 2. The minimum absolute atomic E-state index is 0.0402. The molecule has 1 spiro atoms. The lowest BCUT2D eigenvalue weighted by molar-refractivity contribution is -0.00571. The Morgan fingerprint density at radius 3 is 2.47 bits per heavy atom. The molecule has 2 aromatic heterocycles. The number of hydrogen-bond acceptors (Lipinski definition) is 7. The summed E-state index contributed by atoms with van der Waals surface area (Å²) in [6.07, 6.45) is 4.10. The summed E-state index contributed by atoms with van der Waals surface area (Å²) in [6, 6.07) is 22.0. The number of amides is 1. The Balaban J connectivity index is 1.07. The molecular formula is C33H27N5O5. The molecule has 1 amide bonds. The van der Waals surface area contributed by atoms with Crippen LogP contribution in [0.15, 0.2) is 85.2 Å². The van der Waals surface area contributed by atoms with Crippen LogP contribution < -0.4 is 10.5 Å². The lowest BCUT2D eigenvalue weighted by Crippen LogP contribution is -2.52. The molecule has 3 N–H and O–H groups in total. The molecule has 1 saturated heterocycles. The van der Waals surface area contributed by atoms with E-state index in [4.69, 9.17) is 10.5 Å². The quantitative estimate of drug-likeness (QED) is 0.306. The van der Waals surface area contributed by atoms with Crippen molar-refractivity contribution in [3.05, 3.63) is 102 Å². The number of hydrogen-bond donors (Lipinski definition) is 2. The molecule has 0 atom stereocenters. The molecule has 10 heteroatoms. The highest BCUT2D eigenvalue weighted by atomic mass is 16.5. The first-order chi connectivity index (χ1) is 20.8.